The fourth-order valence-corrected chi connectivity index (χ4v) is 1.81. The van der Waals surface area contributed by atoms with Gasteiger partial charge in [0.05, 0.1) is 11.7 Å². The second-order valence-corrected chi connectivity index (χ2v) is 4.30. The highest BCUT2D eigenvalue weighted by molar-refractivity contribution is 6.99. The van der Waals surface area contributed by atoms with Gasteiger partial charge in [0.2, 0.25) is 0 Å². The van der Waals surface area contributed by atoms with Crippen LogP contribution in [-0.2, 0) is 0 Å². The standard InChI is InChI=1S/C8H14ClN3OS/c1-5(2)6(3-4-13)10-8-7(9)11-14-12-8/h5-6,13H,3-4H2,1-2H3,(H,10,12). The number of aliphatic hydroxyl groups is 1. The van der Waals surface area contributed by atoms with E-state index >= 15 is 0 Å². The van der Waals surface area contributed by atoms with E-state index in [0.717, 1.165) is 11.7 Å². The molecule has 0 aromatic carbocycles. The fourth-order valence-electron chi connectivity index (χ4n) is 1.15. The van der Waals surface area contributed by atoms with Gasteiger partial charge in [-0.05, 0) is 12.3 Å². The number of hydrogen-bond donors (Lipinski definition) is 2. The molecule has 14 heavy (non-hydrogen) atoms. The van der Waals surface area contributed by atoms with Crippen LogP contribution in [0.4, 0.5) is 5.82 Å². The summed E-state index contributed by atoms with van der Waals surface area (Å²) in [6, 6.07) is 0.182. The molecule has 1 atom stereocenters. The first-order valence-electron chi connectivity index (χ1n) is 4.50. The first-order valence-corrected chi connectivity index (χ1v) is 5.61. The molecule has 80 valence electrons. The Balaban J connectivity index is 2.60. The van der Waals surface area contributed by atoms with Crippen molar-refractivity contribution >= 4 is 29.1 Å². The third-order valence-electron chi connectivity index (χ3n) is 2.02. The third-order valence-corrected chi connectivity index (χ3v) is 2.91. The van der Waals surface area contributed by atoms with Crippen LogP contribution in [0, 0.1) is 5.92 Å². The summed E-state index contributed by atoms with van der Waals surface area (Å²) in [5.74, 6) is 1.03. The third kappa shape index (κ3) is 3.08. The molecule has 1 heterocycles. The van der Waals surface area contributed by atoms with E-state index in [2.05, 4.69) is 27.9 Å². The van der Waals surface area contributed by atoms with Crippen molar-refractivity contribution in [2.24, 2.45) is 5.92 Å². The van der Waals surface area contributed by atoms with E-state index in [4.69, 9.17) is 16.7 Å². The zero-order valence-corrected chi connectivity index (χ0v) is 9.77. The van der Waals surface area contributed by atoms with Crippen molar-refractivity contribution < 1.29 is 5.11 Å². The smallest absolute Gasteiger partial charge is 0.186 e. The number of aromatic nitrogens is 2. The second kappa shape index (κ2) is 5.48. The number of nitrogens with zero attached hydrogens (tertiary/aromatic N) is 2. The zero-order chi connectivity index (χ0) is 10.6. The average molecular weight is 236 g/mol. The lowest BCUT2D eigenvalue weighted by Crippen LogP contribution is -2.27. The summed E-state index contributed by atoms with van der Waals surface area (Å²) in [5.41, 5.74) is 0. The van der Waals surface area contributed by atoms with Gasteiger partial charge in [-0.2, -0.15) is 8.75 Å². The van der Waals surface area contributed by atoms with Gasteiger partial charge in [0.25, 0.3) is 0 Å². The summed E-state index contributed by atoms with van der Waals surface area (Å²) in [6.07, 6.45) is 0.686. The predicted octanol–water partition coefficient (Wildman–Crippen LogP) is 2.01. The van der Waals surface area contributed by atoms with Crippen LogP contribution >= 0.6 is 23.3 Å². The maximum atomic E-state index is 8.88. The van der Waals surface area contributed by atoms with E-state index in [-0.39, 0.29) is 12.6 Å². The quantitative estimate of drug-likeness (QED) is 0.820. The lowest BCUT2D eigenvalue weighted by molar-refractivity contribution is 0.267. The molecular weight excluding hydrogens is 222 g/mol. The van der Waals surface area contributed by atoms with Gasteiger partial charge in [0.1, 0.15) is 0 Å². The van der Waals surface area contributed by atoms with Gasteiger partial charge in [-0.25, -0.2) is 0 Å². The molecule has 6 heteroatoms. The molecule has 0 aliphatic heterocycles. The minimum absolute atomic E-state index is 0.158. The highest BCUT2D eigenvalue weighted by atomic mass is 35.5. The van der Waals surface area contributed by atoms with Crippen molar-refractivity contribution in [1.82, 2.24) is 8.75 Å². The summed E-state index contributed by atoms with van der Waals surface area (Å²) in [7, 11) is 0. The van der Waals surface area contributed by atoms with Gasteiger partial charge in [-0.15, -0.1) is 0 Å². The van der Waals surface area contributed by atoms with Gasteiger partial charge in [0, 0.05) is 12.6 Å². The molecule has 1 unspecified atom stereocenters. The Morgan fingerprint density at radius 2 is 2.21 bits per heavy atom. The Kier molecular flexibility index (Phi) is 4.57. The lowest BCUT2D eigenvalue weighted by Gasteiger charge is -2.20. The van der Waals surface area contributed by atoms with Crippen molar-refractivity contribution in [1.29, 1.82) is 0 Å². The summed E-state index contributed by atoms with van der Waals surface area (Å²) in [5, 5.41) is 12.5. The highest BCUT2D eigenvalue weighted by Gasteiger charge is 2.15. The lowest BCUT2D eigenvalue weighted by atomic mass is 10.0. The number of hydrogen-bond acceptors (Lipinski definition) is 5. The molecule has 0 radical (unpaired) electrons. The van der Waals surface area contributed by atoms with Crippen molar-refractivity contribution in [2.75, 3.05) is 11.9 Å². The molecule has 1 aromatic rings. The molecule has 2 N–H and O–H groups in total. The number of rotatable bonds is 5. The van der Waals surface area contributed by atoms with Gasteiger partial charge in [0.15, 0.2) is 11.0 Å². The fraction of sp³-hybridized carbons (Fsp3) is 0.750. The van der Waals surface area contributed by atoms with E-state index < -0.39 is 0 Å². The van der Waals surface area contributed by atoms with Crippen LogP contribution in [0.25, 0.3) is 0 Å². The van der Waals surface area contributed by atoms with Crippen molar-refractivity contribution in [2.45, 2.75) is 26.3 Å². The van der Waals surface area contributed by atoms with E-state index in [1.165, 1.54) is 0 Å². The van der Waals surface area contributed by atoms with Gasteiger partial charge < -0.3 is 10.4 Å². The Hall–Kier alpha value is -0.390. The summed E-state index contributed by atoms with van der Waals surface area (Å²) < 4.78 is 7.89. The van der Waals surface area contributed by atoms with Crippen LogP contribution in [0.15, 0.2) is 0 Å². The molecular formula is C8H14ClN3OS. The van der Waals surface area contributed by atoms with E-state index in [1.54, 1.807) is 0 Å². The van der Waals surface area contributed by atoms with Crippen LogP contribution < -0.4 is 5.32 Å². The normalized spacial score (nSPS) is 13.2. The predicted molar refractivity (Wildman–Crippen MR) is 58.9 cm³/mol. The monoisotopic (exact) mass is 235 g/mol. The van der Waals surface area contributed by atoms with E-state index in [0.29, 0.717) is 23.3 Å². The SMILES string of the molecule is CC(C)C(CCO)Nc1nsnc1Cl. The molecule has 0 aliphatic rings. The Morgan fingerprint density at radius 1 is 1.50 bits per heavy atom. The maximum absolute atomic E-state index is 8.88. The van der Waals surface area contributed by atoms with Crippen LogP contribution in [0.2, 0.25) is 5.15 Å². The minimum atomic E-state index is 0.158. The first-order chi connectivity index (χ1) is 6.65. The number of nitrogens with one attached hydrogen (secondary N) is 1. The van der Waals surface area contributed by atoms with Crippen LogP contribution in [0.5, 0.6) is 0 Å². The average Bonchev–Trinajstić information content (AvgIpc) is 2.51. The van der Waals surface area contributed by atoms with Crippen molar-refractivity contribution in [3.63, 3.8) is 0 Å². The van der Waals surface area contributed by atoms with Gasteiger partial charge in [-0.1, -0.05) is 25.4 Å². The molecule has 1 aromatic heterocycles. The molecule has 0 amide bonds. The number of anilines is 1. The van der Waals surface area contributed by atoms with Gasteiger partial charge >= 0.3 is 0 Å². The van der Waals surface area contributed by atoms with E-state index in [1.807, 2.05) is 0 Å². The molecule has 0 spiro atoms. The highest BCUT2D eigenvalue weighted by Crippen LogP contribution is 2.21. The molecule has 0 aliphatic carbocycles. The molecule has 0 saturated heterocycles. The van der Waals surface area contributed by atoms with Crippen molar-refractivity contribution in [3.05, 3.63) is 5.15 Å². The molecule has 0 saturated carbocycles. The van der Waals surface area contributed by atoms with Crippen molar-refractivity contribution in [3.8, 4) is 0 Å². The molecule has 1 rings (SSSR count). The van der Waals surface area contributed by atoms with Crippen LogP contribution in [0.3, 0.4) is 0 Å². The zero-order valence-electron chi connectivity index (χ0n) is 8.20. The van der Waals surface area contributed by atoms with E-state index in [9.17, 15) is 0 Å². The Morgan fingerprint density at radius 3 is 2.64 bits per heavy atom. The Labute approximate surface area is 92.6 Å². The first kappa shape index (κ1) is 11.7. The molecule has 4 nitrogen and oxygen atoms in total. The molecule has 0 bridgehead atoms. The summed E-state index contributed by atoms with van der Waals surface area (Å²) >= 11 is 6.88. The number of aliphatic hydroxyl groups excluding tert-OH is 1. The largest absolute Gasteiger partial charge is 0.396 e. The van der Waals surface area contributed by atoms with Gasteiger partial charge in [-0.3, -0.25) is 0 Å². The van der Waals surface area contributed by atoms with Crippen LogP contribution in [0.1, 0.15) is 20.3 Å². The minimum Gasteiger partial charge on any atom is -0.396 e. The van der Waals surface area contributed by atoms with Crippen LogP contribution in [-0.4, -0.2) is 26.5 Å². The molecule has 0 fully saturated rings. The second-order valence-electron chi connectivity index (χ2n) is 3.41. The maximum Gasteiger partial charge on any atom is 0.186 e. The summed E-state index contributed by atoms with van der Waals surface area (Å²) in [6.45, 7) is 4.33. The Bertz CT molecular complexity index is 279. The topological polar surface area (TPSA) is 58.0 Å². The summed E-state index contributed by atoms with van der Waals surface area (Å²) in [4.78, 5) is 0. The number of halogens is 1.